The number of rotatable bonds is 3. The van der Waals surface area contributed by atoms with E-state index in [-0.39, 0.29) is 5.69 Å². The van der Waals surface area contributed by atoms with Gasteiger partial charge in [0.1, 0.15) is 11.6 Å². The molecular formula is C14H10BrClFNO2. The predicted octanol–water partition coefficient (Wildman–Crippen LogP) is 4.50. The van der Waals surface area contributed by atoms with Gasteiger partial charge in [0.15, 0.2) is 0 Å². The van der Waals surface area contributed by atoms with Crippen molar-refractivity contribution in [3.63, 3.8) is 0 Å². The van der Waals surface area contributed by atoms with Gasteiger partial charge in [-0.15, -0.1) is 0 Å². The molecule has 0 bridgehead atoms. The summed E-state index contributed by atoms with van der Waals surface area (Å²) in [5, 5.41) is 2.89. The summed E-state index contributed by atoms with van der Waals surface area (Å²) in [6.45, 7) is 0. The van der Waals surface area contributed by atoms with Gasteiger partial charge >= 0.3 is 0 Å². The SMILES string of the molecule is COc1ccc(F)c(NC(=O)c2cc(Cl)cc(Br)c2)c1. The Balaban J connectivity index is 2.27. The molecule has 0 spiro atoms. The molecule has 6 heteroatoms. The van der Waals surface area contributed by atoms with Gasteiger partial charge in [-0.25, -0.2) is 4.39 Å². The predicted molar refractivity (Wildman–Crippen MR) is 80.1 cm³/mol. The third kappa shape index (κ3) is 3.49. The maximum atomic E-state index is 13.6. The van der Waals surface area contributed by atoms with Gasteiger partial charge in [0.2, 0.25) is 0 Å². The Hall–Kier alpha value is -1.59. The summed E-state index contributed by atoms with van der Waals surface area (Å²) in [6, 6.07) is 8.86. The molecule has 0 radical (unpaired) electrons. The molecular weight excluding hydrogens is 349 g/mol. The van der Waals surface area contributed by atoms with Crippen molar-refractivity contribution in [1.29, 1.82) is 0 Å². The third-order valence-corrected chi connectivity index (χ3v) is 3.22. The molecule has 0 unspecified atom stereocenters. The van der Waals surface area contributed by atoms with E-state index in [9.17, 15) is 9.18 Å². The van der Waals surface area contributed by atoms with Crippen LogP contribution in [-0.4, -0.2) is 13.0 Å². The summed E-state index contributed by atoms with van der Waals surface area (Å²) in [5.74, 6) is -0.547. The van der Waals surface area contributed by atoms with E-state index >= 15 is 0 Å². The highest BCUT2D eigenvalue weighted by Crippen LogP contribution is 2.23. The van der Waals surface area contributed by atoms with Crippen LogP contribution in [-0.2, 0) is 0 Å². The lowest BCUT2D eigenvalue weighted by Crippen LogP contribution is -2.13. The van der Waals surface area contributed by atoms with E-state index in [1.54, 1.807) is 12.1 Å². The molecule has 0 aliphatic rings. The number of halogens is 3. The van der Waals surface area contributed by atoms with Gasteiger partial charge in [-0.1, -0.05) is 27.5 Å². The quantitative estimate of drug-likeness (QED) is 0.877. The number of carbonyl (C=O) groups excluding carboxylic acids is 1. The first-order valence-electron chi connectivity index (χ1n) is 5.60. The van der Waals surface area contributed by atoms with E-state index in [4.69, 9.17) is 16.3 Å². The minimum Gasteiger partial charge on any atom is -0.497 e. The average molecular weight is 359 g/mol. The van der Waals surface area contributed by atoms with Crippen molar-refractivity contribution in [3.05, 3.63) is 57.3 Å². The summed E-state index contributed by atoms with van der Waals surface area (Å²) >= 11 is 9.12. The fourth-order valence-corrected chi connectivity index (χ4v) is 2.47. The van der Waals surface area contributed by atoms with Crippen LogP contribution < -0.4 is 10.1 Å². The highest BCUT2D eigenvalue weighted by atomic mass is 79.9. The number of amides is 1. The third-order valence-electron chi connectivity index (χ3n) is 2.55. The Labute approximate surface area is 128 Å². The van der Waals surface area contributed by atoms with Crippen LogP contribution in [0.4, 0.5) is 10.1 Å². The van der Waals surface area contributed by atoms with Crippen LogP contribution in [0.15, 0.2) is 40.9 Å². The molecule has 20 heavy (non-hydrogen) atoms. The van der Waals surface area contributed by atoms with Gasteiger partial charge in [-0.05, 0) is 30.3 Å². The zero-order chi connectivity index (χ0) is 14.7. The smallest absolute Gasteiger partial charge is 0.255 e. The largest absolute Gasteiger partial charge is 0.497 e. The lowest BCUT2D eigenvalue weighted by Gasteiger charge is -2.09. The van der Waals surface area contributed by atoms with Crippen LogP contribution >= 0.6 is 27.5 Å². The first-order chi connectivity index (χ1) is 9.49. The summed E-state index contributed by atoms with van der Waals surface area (Å²) in [7, 11) is 1.47. The van der Waals surface area contributed by atoms with Gasteiger partial charge in [0.05, 0.1) is 12.8 Å². The van der Waals surface area contributed by atoms with Crippen LogP contribution in [0.1, 0.15) is 10.4 Å². The lowest BCUT2D eigenvalue weighted by atomic mass is 10.2. The van der Waals surface area contributed by atoms with Crippen molar-refractivity contribution in [2.75, 3.05) is 12.4 Å². The Morgan fingerprint density at radius 1 is 1.30 bits per heavy atom. The van der Waals surface area contributed by atoms with E-state index in [0.717, 1.165) is 0 Å². The molecule has 0 fully saturated rings. The molecule has 2 aromatic carbocycles. The summed E-state index contributed by atoms with van der Waals surface area (Å²) in [5.41, 5.74) is 0.372. The van der Waals surface area contributed by atoms with Crippen LogP contribution in [0, 0.1) is 5.82 Å². The fraction of sp³-hybridized carbons (Fsp3) is 0.0714. The van der Waals surface area contributed by atoms with Crippen molar-refractivity contribution in [1.82, 2.24) is 0 Å². The Morgan fingerprint density at radius 3 is 2.70 bits per heavy atom. The second-order valence-corrected chi connectivity index (χ2v) is 5.31. The average Bonchev–Trinajstić information content (AvgIpc) is 2.40. The highest BCUT2D eigenvalue weighted by Gasteiger charge is 2.11. The Kier molecular flexibility index (Phi) is 4.62. The standard InChI is InChI=1S/C14H10BrClFNO2/c1-20-11-2-3-12(17)13(7-11)18-14(19)8-4-9(15)6-10(16)5-8/h2-7H,1H3,(H,18,19). The number of hydrogen-bond donors (Lipinski definition) is 1. The summed E-state index contributed by atoms with van der Waals surface area (Å²) in [4.78, 5) is 12.1. The molecule has 0 aliphatic carbocycles. The van der Waals surface area contributed by atoms with E-state index in [1.807, 2.05) is 0 Å². The van der Waals surface area contributed by atoms with Crippen LogP contribution in [0.2, 0.25) is 5.02 Å². The van der Waals surface area contributed by atoms with Crippen molar-refractivity contribution in [2.45, 2.75) is 0 Å². The summed E-state index contributed by atoms with van der Waals surface area (Å²) < 4.78 is 19.3. The molecule has 104 valence electrons. The van der Waals surface area contributed by atoms with Crippen molar-refractivity contribution in [3.8, 4) is 5.75 Å². The molecule has 0 heterocycles. The van der Waals surface area contributed by atoms with E-state index < -0.39 is 11.7 Å². The molecule has 0 aliphatic heterocycles. The highest BCUT2D eigenvalue weighted by molar-refractivity contribution is 9.10. The van der Waals surface area contributed by atoms with Crippen molar-refractivity contribution in [2.24, 2.45) is 0 Å². The Bertz CT molecular complexity index is 643. The van der Waals surface area contributed by atoms with E-state index in [2.05, 4.69) is 21.2 Å². The molecule has 3 nitrogen and oxygen atoms in total. The van der Waals surface area contributed by atoms with Crippen LogP contribution in [0.3, 0.4) is 0 Å². The first kappa shape index (κ1) is 14.8. The number of hydrogen-bond acceptors (Lipinski definition) is 2. The zero-order valence-corrected chi connectivity index (χ0v) is 12.8. The van der Waals surface area contributed by atoms with Crippen LogP contribution in [0.5, 0.6) is 5.75 Å². The normalized spacial score (nSPS) is 10.2. The van der Waals surface area contributed by atoms with Crippen molar-refractivity contribution < 1.29 is 13.9 Å². The van der Waals surface area contributed by atoms with Gasteiger partial charge in [-0.2, -0.15) is 0 Å². The number of carbonyl (C=O) groups is 1. The number of benzene rings is 2. The maximum Gasteiger partial charge on any atom is 0.255 e. The zero-order valence-electron chi connectivity index (χ0n) is 10.4. The Morgan fingerprint density at radius 2 is 2.05 bits per heavy atom. The van der Waals surface area contributed by atoms with Gasteiger partial charge in [0.25, 0.3) is 5.91 Å². The topological polar surface area (TPSA) is 38.3 Å². The number of nitrogens with one attached hydrogen (secondary N) is 1. The lowest BCUT2D eigenvalue weighted by molar-refractivity contribution is 0.102. The number of methoxy groups -OCH3 is 1. The molecule has 0 aromatic heterocycles. The number of ether oxygens (including phenoxy) is 1. The molecule has 1 amide bonds. The fourth-order valence-electron chi connectivity index (χ4n) is 1.61. The molecule has 2 rings (SSSR count). The van der Waals surface area contributed by atoms with E-state index in [1.165, 1.54) is 31.4 Å². The van der Waals surface area contributed by atoms with Crippen molar-refractivity contribution >= 4 is 39.1 Å². The van der Waals surface area contributed by atoms with Gasteiger partial charge in [0, 0.05) is 21.1 Å². The molecule has 0 atom stereocenters. The maximum absolute atomic E-state index is 13.6. The molecule has 0 saturated heterocycles. The van der Waals surface area contributed by atoms with Gasteiger partial charge in [-0.3, -0.25) is 4.79 Å². The van der Waals surface area contributed by atoms with Gasteiger partial charge < -0.3 is 10.1 Å². The summed E-state index contributed by atoms with van der Waals surface area (Å²) in [6.07, 6.45) is 0. The second-order valence-electron chi connectivity index (χ2n) is 3.96. The second kappa shape index (κ2) is 6.24. The van der Waals surface area contributed by atoms with Crippen LogP contribution in [0.25, 0.3) is 0 Å². The molecule has 0 saturated carbocycles. The first-order valence-corrected chi connectivity index (χ1v) is 6.77. The van der Waals surface area contributed by atoms with E-state index in [0.29, 0.717) is 20.8 Å². The molecule has 2 aromatic rings. The number of anilines is 1. The molecule has 1 N–H and O–H groups in total. The minimum atomic E-state index is -0.541. The minimum absolute atomic E-state index is 0.0467. The monoisotopic (exact) mass is 357 g/mol.